The van der Waals surface area contributed by atoms with E-state index in [0.29, 0.717) is 30.8 Å². The van der Waals surface area contributed by atoms with Crippen LogP contribution in [0.3, 0.4) is 0 Å². The molecule has 4 amide bonds. The van der Waals surface area contributed by atoms with Gasteiger partial charge in [-0.05, 0) is 73.9 Å². The molecule has 1 aliphatic carbocycles. The van der Waals surface area contributed by atoms with Crippen LogP contribution in [0.25, 0.3) is 0 Å². The third-order valence-electron chi connectivity index (χ3n) is 7.96. The molecule has 9 heteroatoms. The van der Waals surface area contributed by atoms with Crippen LogP contribution in [0.1, 0.15) is 36.1 Å². The van der Waals surface area contributed by atoms with E-state index in [1.54, 1.807) is 21.1 Å². The molecular formula is C30H32N4O4S. The molecule has 2 aliphatic heterocycles. The zero-order chi connectivity index (χ0) is 27.1. The fourth-order valence-corrected chi connectivity index (χ4v) is 6.76. The first-order valence-electron chi connectivity index (χ1n) is 13.5. The summed E-state index contributed by atoms with van der Waals surface area (Å²) in [5.74, 6) is -1.08. The van der Waals surface area contributed by atoms with Crippen LogP contribution >= 0.6 is 11.3 Å². The molecule has 0 radical (unpaired) electrons. The summed E-state index contributed by atoms with van der Waals surface area (Å²) in [6.07, 6.45) is 3.17. The number of hydrogen-bond acceptors (Lipinski definition) is 4. The molecule has 1 saturated carbocycles. The van der Waals surface area contributed by atoms with Crippen LogP contribution in [0.15, 0.2) is 72.1 Å². The number of carbonyl (C=O) groups excluding carboxylic acids is 2. The molecule has 1 aromatic heterocycles. The summed E-state index contributed by atoms with van der Waals surface area (Å²) in [5.41, 5.74) is 2.43. The van der Waals surface area contributed by atoms with Gasteiger partial charge in [0.25, 0.3) is 0 Å². The van der Waals surface area contributed by atoms with E-state index in [9.17, 15) is 19.5 Å². The van der Waals surface area contributed by atoms with Crippen LogP contribution < -0.4 is 4.90 Å². The summed E-state index contributed by atoms with van der Waals surface area (Å²) in [7, 11) is 0. The van der Waals surface area contributed by atoms with Gasteiger partial charge in [-0.1, -0.05) is 36.4 Å². The molecule has 1 N–H and O–H groups in total. The lowest BCUT2D eigenvalue weighted by Crippen LogP contribution is -2.67. The molecule has 2 bridgehead atoms. The number of thiophene rings is 1. The number of anilines is 2. The summed E-state index contributed by atoms with van der Waals surface area (Å²) in [6.45, 7) is 2.77. The van der Waals surface area contributed by atoms with Gasteiger partial charge in [-0.2, -0.15) is 0 Å². The Labute approximate surface area is 232 Å². The van der Waals surface area contributed by atoms with Gasteiger partial charge in [-0.25, -0.2) is 14.4 Å². The molecular weight excluding hydrogens is 512 g/mol. The number of benzene rings is 2. The maximum Gasteiger partial charge on any atom is 0.329 e. The molecule has 3 atom stereocenters. The Balaban J connectivity index is 1.30. The number of carbonyl (C=O) groups is 3. The number of aliphatic carboxylic acids is 1. The molecule has 6 rings (SSSR count). The summed E-state index contributed by atoms with van der Waals surface area (Å²) >= 11 is 1.67. The normalized spacial score (nSPS) is 22.0. The van der Waals surface area contributed by atoms with Crippen molar-refractivity contribution in [2.45, 2.75) is 63.3 Å². The second kappa shape index (κ2) is 10.4. The zero-order valence-corrected chi connectivity index (χ0v) is 22.7. The predicted octanol–water partition coefficient (Wildman–Crippen LogP) is 5.70. The van der Waals surface area contributed by atoms with E-state index in [2.05, 4.69) is 18.4 Å². The predicted molar refractivity (Wildman–Crippen MR) is 150 cm³/mol. The molecule has 3 aromatic rings. The fraction of sp³-hybridized carbons (Fsp3) is 0.367. The van der Waals surface area contributed by atoms with E-state index in [1.165, 1.54) is 9.78 Å². The minimum Gasteiger partial charge on any atom is -0.480 e. The number of rotatable bonds is 6. The van der Waals surface area contributed by atoms with Gasteiger partial charge in [-0.15, -0.1) is 11.3 Å². The average molecular weight is 545 g/mol. The first-order valence-corrected chi connectivity index (χ1v) is 14.4. The summed E-state index contributed by atoms with van der Waals surface area (Å²) in [5, 5.41) is 12.5. The lowest BCUT2D eigenvalue weighted by Gasteiger charge is -2.47. The Hall–Kier alpha value is -3.85. The van der Waals surface area contributed by atoms with Gasteiger partial charge < -0.3 is 19.8 Å². The highest BCUT2D eigenvalue weighted by Crippen LogP contribution is 2.40. The van der Waals surface area contributed by atoms with E-state index < -0.39 is 24.1 Å². The number of urea groups is 2. The highest BCUT2D eigenvalue weighted by Gasteiger charge is 2.55. The average Bonchev–Trinajstić information content (AvgIpc) is 3.63. The monoisotopic (exact) mass is 544 g/mol. The van der Waals surface area contributed by atoms with E-state index in [-0.39, 0.29) is 24.7 Å². The van der Waals surface area contributed by atoms with Gasteiger partial charge in [0.1, 0.15) is 0 Å². The van der Waals surface area contributed by atoms with Crippen molar-refractivity contribution < 1.29 is 19.5 Å². The second-order valence-corrected chi connectivity index (χ2v) is 11.8. The van der Waals surface area contributed by atoms with E-state index in [1.807, 2.05) is 65.6 Å². The van der Waals surface area contributed by atoms with Crippen LogP contribution in [-0.2, 0) is 11.3 Å². The van der Waals surface area contributed by atoms with Crippen molar-refractivity contribution in [1.29, 1.82) is 0 Å². The quantitative estimate of drug-likeness (QED) is 0.431. The van der Waals surface area contributed by atoms with E-state index in [4.69, 9.17) is 0 Å². The zero-order valence-electron chi connectivity index (χ0n) is 21.8. The Morgan fingerprint density at radius 2 is 1.56 bits per heavy atom. The summed E-state index contributed by atoms with van der Waals surface area (Å²) in [4.78, 5) is 48.9. The lowest BCUT2D eigenvalue weighted by atomic mass is 10.0. The number of likely N-dealkylation sites (tertiary alicyclic amines) is 1. The standard InChI is InChI=1S/C30H32N4O4S/c1-20-16-21(19-39-20)17-31(22-12-13-22)29(37)34-25-14-15-26(34)27(28(35)36)32(18-25)30(38)33(23-8-4-2-5-9-23)24-10-6-3-7-11-24/h2-11,16,19,22,25-27H,12-15,17-18H2,1H3,(H,35,36)/t25-,26+,27-/m0/s1. The van der Waals surface area contributed by atoms with Crippen LogP contribution in [0.5, 0.6) is 0 Å². The van der Waals surface area contributed by atoms with Gasteiger partial charge in [0.15, 0.2) is 6.04 Å². The third kappa shape index (κ3) is 4.87. The molecule has 0 spiro atoms. The van der Waals surface area contributed by atoms with E-state index >= 15 is 0 Å². The van der Waals surface area contributed by atoms with E-state index in [0.717, 1.165) is 18.4 Å². The second-order valence-electron chi connectivity index (χ2n) is 10.6. The van der Waals surface area contributed by atoms with Crippen molar-refractivity contribution in [2.75, 3.05) is 11.4 Å². The number of amides is 4. The smallest absolute Gasteiger partial charge is 0.329 e. The fourth-order valence-electron chi connectivity index (χ4n) is 6.06. The first-order chi connectivity index (χ1) is 18.9. The van der Waals surface area contributed by atoms with Gasteiger partial charge >= 0.3 is 18.0 Å². The number of piperazine rings is 1. The molecule has 3 aliphatic rings. The van der Waals surface area contributed by atoms with Gasteiger partial charge in [-0.3, -0.25) is 4.90 Å². The van der Waals surface area contributed by atoms with Gasteiger partial charge in [0.05, 0.1) is 23.5 Å². The molecule has 0 unspecified atom stereocenters. The number of para-hydroxylation sites is 2. The first kappa shape index (κ1) is 25.4. The van der Waals surface area contributed by atoms with Crippen LogP contribution in [0.4, 0.5) is 21.0 Å². The molecule has 2 saturated heterocycles. The Morgan fingerprint density at radius 3 is 2.10 bits per heavy atom. The van der Waals surface area contributed by atoms with Crippen molar-refractivity contribution >= 4 is 40.7 Å². The largest absolute Gasteiger partial charge is 0.480 e. The van der Waals surface area contributed by atoms with Crippen molar-refractivity contribution in [3.05, 3.63) is 82.6 Å². The minimum absolute atomic E-state index is 0.102. The third-order valence-corrected chi connectivity index (χ3v) is 8.88. The number of hydrogen-bond donors (Lipinski definition) is 1. The SMILES string of the molecule is Cc1cc(CN(C(=O)N2[C@H]3CC[C@@H]2[C@@H](C(=O)O)N(C(=O)N(c2ccccc2)c2ccccc2)C3)C2CC2)cs1. The topological polar surface area (TPSA) is 84.4 Å². The highest BCUT2D eigenvalue weighted by molar-refractivity contribution is 7.10. The van der Waals surface area contributed by atoms with Crippen LogP contribution in [0, 0.1) is 6.92 Å². The number of carboxylic acids is 1. The minimum atomic E-state index is -1.13. The summed E-state index contributed by atoms with van der Waals surface area (Å²) in [6, 6.07) is 18.4. The van der Waals surface area contributed by atoms with Crippen molar-refractivity contribution in [3.8, 4) is 0 Å². The highest BCUT2D eigenvalue weighted by atomic mass is 32.1. The molecule has 39 heavy (non-hydrogen) atoms. The van der Waals surface area contributed by atoms with Crippen LogP contribution in [-0.4, -0.2) is 68.5 Å². The Morgan fingerprint density at radius 1 is 0.923 bits per heavy atom. The molecule has 3 heterocycles. The molecule has 202 valence electrons. The Kier molecular flexibility index (Phi) is 6.76. The van der Waals surface area contributed by atoms with Crippen molar-refractivity contribution in [2.24, 2.45) is 0 Å². The molecule has 8 nitrogen and oxygen atoms in total. The maximum atomic E-state index is 14.2. The van der Waals surface area contributed by atoms with Crippen molar-refractivity contribution in [3.63, 3.8) is 0 Å². The lowest BCUT2D eigenvalue weighted by molar-refractivity contribution is -0.145. The summed E-state index contributed by atoms with van der Waals surface area (Å²) < 4.78 is 0. The van der Waals surface area contributed by atoms with Crippen molar-refractivity contribution in [1.82, 2.24) is 14.7 Å². The number of carboxylic acid groups (broad SMARTS) is 1. The molecule has 3 fully saturated rings. The van der Waals surface area contributed by atoms with Gasteiger partial charge in [0, 0.05) is 24.0 Å². The maximum absolute atomic E-state index is 14.2. The van der Waals surface area contributed by atoms with Gasteiger partial charge in [0.2, 0.25) is 0 Å². The van der Waals surface area contributed by atoms with Crippen LogP contribution in [0.2, 0.25) is 0 Å². The Bertz CT molecular complexity index is 1320. The number of aryl methyl sites for hydroxylation is 1. The molecule has 2 aromatic carbocycles. The number of nitrogens with zero attached hydrogens (tertiary/aromatic N) is 4. The number of fused-ring (bicyclic) bond motifs is 2.